The summed E-state index contributed by atoms with van der Waals surface area (Å²) in [5, 5.41) is 0. The molecule has 0 radical (unpaired) electrons. The molecule has 0 atom stereocenters. The van der Waals surface area contributed by atoms with Crippen LogP contribution in [-0.4, -0.2) is 46.8 Å². The van der Waals surface area contributed by atoms with Crippen LogP contribution in [0.3, 0.4) is 0 Å². The maximum atomic E-state index is 13.1. The summed E-state index contributed by atoms with van der Waals surface area (Å²) in [4.78, 5) is 39.7. The second-order valence-corrected chi connectivity index (χ2v) is 9.90. The van der Waals surface area contributed by atoms with Crippen molar-refractivity contribution < 1.29 is 23.5 Å². The van der Waals surface area contributed by atoms with E-state index in [1.807, 2.05) is 19.9 Å². The first-order chi connectivity index (χ1) is 17.3. The minimum Gasteiger partial charge on any atom is -0.457 e. The van der Waals surface area contributed by atoms with Crippen molar-refractivity contribution in [1.29, 1.82) is 0 Å². The van der Waals surface area contributed by atoms with Gasteiger partial charge in [0.25, 0.3) is 5.91 Å². The number of esters is 1. The molecule has 36 heavy (non-hydrogen) atoms. The van der Waals surface area contributed by atoms with Gasteiger partial charge in [-0.25, -0.2) is 4.39 Å². The molecule has 192 valence electrons. The second kappa shape index (κ2) is 11.7. The standard InChI is InChI=1S/C29H35FN2O4/c1-20-18-26(21(2)32(20)17-12-22-6-4-3-5-7-22)27(33)19-36-29(35)24-13-15-31(16-14-24)28(34)23-8-10-25(30)11-9-23/h6,8-11,18,24H,3-5,7,12-17,19H2,1-2H3. The SMILES string of the molecule is Cc1cc(C(=O)COC(=O)C2CCN(C(=O)c3ccc(F)cc3)CC2)c(C)n1CCC1=CCCCC1. The van der Waals surface area contributed by atoms with E-state index in [1.54, 1.807) is 4.90 Å². The fourth-order valence-corrected chi connectivity index (χ4v) is 5.24. The first kappa shape index (κ1) is 25.9. The lowest BCUT2D eigenvalue weighted by Gasteiger charge is -2.31. The first-order valence-corrected chi connectivity index (χ1v) is 12.9. The van der Waals surface area contributed by atoms with Gasteiger partial charge in [-0.05, 0) is 89.1 Å². The lowest BCUT2D eigenvalue weighted by Crippen LogP contribution is -2.40. The summed E-state index contributed by atoms with van der Waals surface area (Å²) in [6, 6.07) is 7.35. The summed E-state index contributed by atoms with van der Waals surface area (Å²) in [7, 11) is 0. The second-order valence-electron chi connectivity index (χ2n) is 9.90. The van der Waals surface area contributed by atoms with Gasteiger partial charge in [0, 0.05) is 42.1 Å². The van der Waals surface area contributed by atoms with Gasteiger partial charge in [0.15, 0.2) is 6.61 Å². The molecule has 0 unspecified atom stereocenters. The van der Waals surface area contributed by atoms with Crippen LogP contribution in [0.2, 0.25) is 0 Å². The third kappa shape index (κ3) is 6.12. The molecule has 1 aromatic heterocycles. The van der Waals surface area contributed by atoms with E-state index in [0.717, 1.165) is 30.8 Å². The van der Waals surface area contributed by atoms with Crippen LogP contribution < -0.4 is 0 Å². The fourth-order valence-electron chi connectivity index (χ4n) is 5.24. The number of hydrogen-bond acceptors (Lipinski definition) is 4. The van der Waals surface area contributed by atoms with Crippen LogP contribution >= 0.6 is 0 Å². The molecule has 0 spiro atoms. The molecule has 1 aliphatic carbocycles. The number of likely N-dealkylation sites (tertiary alicyclic amines) is 1. The number of ether oxygens (including phenoxy) is 1. The van der Waals surface area contributed by atoms with Crippen molar-refractivity contribution >= 4 is 17.7 Å². The number of aromatic nitrogens is 1. The number of carbonyl (C=O) groups is 3. The Morgan fingerprint density at radius 3 is 2.44 bits per heavy atom. The van der Waals surface area contributed by atoms with Crippen molar-refractivity contribution in [2.75, 3.05) is 19.7 Å². The van der Waals surface area contributed by atoms with E-state index in [4.69, 9.17) is 4.74 Å². The molecular weight excluding hydrogens is 459 g/mol. The average Bonchev–Trinajstić information content (AvgIpc) is 3.19. The molecule has 1 saturated heterocycles. The zero-order chi connectivity index (χ0) is 25.7. The number of allylic oxidation sites excluding steroid dienone is 2. The number of ketones is 1. The number of rotatable bonds is 8. The van der Waals surface area contributed by atoms with Gasteiger partial charge in [-0.1, -0.05) is 11.6 Å². The van der Waals surface area contributed by atoms with Crippen LogP contribution in [0.1, 0.15) is 77.0 Å². The maximum absolute atomic E-state index is 13.1. The van der Waals surface area contributed by atoms with Crippen molar-refractivity contribution in [3.05, 3.63) is 70.3 Å². The fraction of sp³-hybridized carbons (Fsp3) is 0.483. The largest absolute Gasteiger partial charge is 0.457 e. The third-order valence-corrected chi connectivity index (χ3v) is 7.47. The van der Waals surface area contributed by atoms with E-state index in [-0.39, 0.29) is 30.0 Å². The number of nitrogens with zero attached hydrogens (tertiary/aromatic N) is 2. The Kier molecular flexibility index (Phi) is 8.39. The third-order valence-electron chi connectivity index (χ3n) is 7.47. The smallest absolute Gasteiger partial charge is 0.309 e. The van der Waals surface area contributed by atoms with Crippen LogP contribution in [0.25, 0.3) is 0 Å². The summed E-state index contributed by atoms with van der Waals surface area (Å²) in [6.07, 6.45) is 9.17. The van der Waals surface area contributed by atoms with Crippen molar-refractivity contribution in [1.82, 2.24) is 9.47 Å². The highest BCUT2D eigenvalue weighted by molar-refractivity contribution is 5.99. The molecule has 7 heteroatoms. The number of carbonyl (C=O) groups excluding carboxylic acids is 3. The molecule has 6 nitrogen and oxygen atoms in total. The molecule has 2 heterocycles. The molecule has 0 saturated carbocycles. The van der Waals surface area contributed by atoms with Gasteiger partial charge in [-0.2, -0.15) is 0 Å². The van der Waals surface area contributed by atoms with E-state index in [2.05, 4.69) is 10.6 Å². The molecule has 1 amide bonds. The van der Waals surface area contributed by atoms with Crippen molar-refractivity contribution in [3.63, 3.8) is 0 Å². The minimum atomic E-state index is -0.393. The number of amides is 1. The molecule has 2 aliphatic rings. The van der Waals surface area contributed by atoms with Gasteiger partial charge in [-0.15, -0.1) is 0 Å². The lowest BCUT2D eigenvalue weighted by atomic mass is 9.96. The van der Waals surface area contributed by atoms with Crippen LogP contribution in [0.15, 0.2) is 42.0 Å². The lowest BCUT2D eigenvalue weighted by molar-refractivity contribution is -0.148. The first-order valence-electron chi connectivity index (χ1n) is 12.9. The zero-order valence-electron chi connectivity index (χ0n) is 21.2. The van der Waals surface area contributed by atoms with Gasteiger partial charge in [0.2, 0.25) is 5.78 Å². The summed E-state index contributed by atoms with van der Waals surface area (Å²) < 4.78 is 20.7. The molecule has 0 N–H and O–H groups in total. The van der Waals surface area contributed by atoms with E-state index in [0.29, 0.717) is 37.1 Å². The number of halogens is 1. The van der Waals surface area contributed by atoms with Gasteiger partial charge in [-0.3, -0.25) is 14.4 Å². The van der Waals surface area contributed by atoms with Crippen molar-refractivity contribution in [2.45, 2.75) is 65.3 Å². The molecule has 1 fully saturated rings. The number of benzene rings is 1. The quantitative estimate of drug-likeness (QED) is 0.279. The summed E-state index contributed by atoms with van der Waals surface area (Å²) in [6.45, 7) is 5.37. The molecular formula is C29H35FN2O4. The van der Waals surface area contributed by atoms with Gasteiger partial charge < -0.3 is 14.2 Å². The highest BCUT2D eigenvalue weighted by Gasteiger charge is 2.29. The van der Waals surface area contributed by atoms with E-state index in [9.17, 15) is 18.8 Å². The van der Waals surface area contributed by atoms with Gasteiger partial charge in [0.1, 0.15) is 5.82 Å². The Bertz CT molecular complexity index is 1140. The minimum absolute atomic E-state index is 0.174. The summed E-state index contributed by atoms with van der Waals surface area (Å²) in [5.41, 5.74) is 4.49. The highest BCUT2D eigenvalue weighted by atomic mass is 19.1. The van der Waals surface area contributed by atoms with Crippen LogP contribution in [-0.2, 0) is 16.1 Å². The summed E-state index contributed by atoms with van der Waals surface area (Å²) >= 11 is 0. The maximum Gasteiger partial charge on any atom is 0.309 e. The average molecular weight is 495 g/mol. The zero-order valence-corrected chi connectivity index (χ0v) is 21.2. The van der Waals surface area contributed by atoms with Crippen LogP contribution in [0, 0.1) is 25.6 Å². The van der Waals surface area contributed by atoms with Gasteiger partial charge >= 0.3 is 5.97 Å². The number of Topliss-reactive ketones (excluding diaryl/α,β-unsaturated/α-hetero) is 1. The van der Waals surface area contributed by atoms with Gasteiger partial charge in [0.05, 0.1) is 5.92 Å². The molecule has 1 aromatic carbocycles. The number of hydrogen-bond donors (Lipinski definition) is 0. The molecule has 1 aliphatic heterocycles. The van der Waals surface area contributed by atoms with Crippen molar-refractivity contribution in [3.8, 4) is 0 Å². The number of aryl methyl sites for hydroxylation is 1. The highest BCUT2D eigenvalue weighted by Crippen LogP contribution is 2.24. The molecule has 0 bridgehead atoms. The van der Waals surface area contributed by atoms with E-state index >= 15 is 0 Å². The Labute approximate surface area is 212 Å². The normalized spacial score (nSPS) is 16.5. The summed E-state index contributed by atoms with van der Waals surface area (Å²) in [5.74, 6) is -1.49. The van der Waals surface area contributed by atoms with E-state index < -0.39 is 5.97 Å². The van der Waals surface area contributed by atoms with E-state index in [1.165, 1.54) is 49.1 Å². The Morgan fingerprint density at radius 2 is 1.78 bits per heavy atom. The predicted molar refractivity (Wildman–Crippen MR) is 135 cm³/mol. The Balaban J connectivity index is 1.26. The monoisotopic (exact) mass is 494 g/mol. The Hall–Kier alpha value is -3.22. The topological polar surface area (TPSA) is 68.6 Å². The molecule has 4 rings (SSSR count). The molecule has 2 aromatic rings. The van der Waals surface area contributed by atoms with Crippen molar-refractivity contribution in [2.24, 2.45) is 5.92 Å². The van der Waals surface area contributed by atoms with Crippen LogP contribution in [0.5, 0.6) is 0 Å². The Morgan fingerprint density at radius 1 is 1.06 bits per heavy atom. The predicted octanol–water partition coefficient (Wildman–Crippen LogP) is 5.41. The number of piperidine rings is 1. The van der Waals surface area contributed by atoms with Crippen LogP contribution in [0.4, 0.5) is 4.39 Å².